The van der Waals surface area contributed by atoms with E-state index in [-0.39, 0.29) is 0 Å². The molecule has 0 saturated carbocycles. The van der Waals surface area contributed by atoms with E-state index in [0.29, 0.717) is 0 Å². The molecule has 3 aromatic heterocycles. The molecule has 4 nitrogen and oxygen atoms in total. The second kappa shape index (κ2) is 6.71. The molecule has 0 saturated heterocycles. The minimum Gasteiger partial charge on any atom is -0.309 e. The fourth-order valence-electron chi connectivity index (χ4n) is 4.16. The van der Waals surface area contributed by atoms with Crippen molar-refractivity contribution in [3.8, 4) is 28.2 Å². The molecule has 4 heteroatoms. The number of pyridine rings is 1. The molecule has 0 unspecified atom stereocenters. The van der Waals surface area contributed by atoms with E-state index in [1.54, 1.807) is 6.20 Å². The SMILES string of the molecule is c1ccc(-n2c3ccccc3c3cc(-c4ccnc(-c5ccn[nH]5)c4)ccc32)cc1. The van der Waals surface area contributed by atoms with Gasteiger partial charge in [-0.1, -0.05) is 42.5 Å². The molecule has 30 heavy (non-hydrogen) atoms. The zero-order chi connectivity index (χ0) is 19.9. The molecule has 3 aromatic carbocycles. The van der Waals surface area contributed by atoms with Crippen molar-refractivity contribution in [2.75, 3.05) is 0 Å². The van der Waals surface area contributed by atoms with Crippen molar-refractivity contribution in [2.24, 2.45) is 0 Å². The summed E-state index contributed by atoms with van der Waals surface area (Å²) in [6.45, 7) is 0. The van der Waals surface area contributed by atoms with Gasteiger partial charge in [-0.25, -0.2) is 0 Å². The lowest BCUT2D eigenvalue weighted by Crippen LogP contribution is -1.92. The van der Waals surface area contributed by atoms with Crippen molar-refractivity contribution in [1.29, 1.82) is 0 Å². The summed E-state index contributed by atoms with van der Waals surface area (Å²) in [5.74, 6) is 0. The van der Waals surface area contributed by atoms with Crippen LogP contribution in [0.2, 0.25) is 0 Å². The molecule has 6 rings (SSSR count). The number of aromatic nitrogens is 4. The summed E-state index contributed by atoms with van der Waals surface area (Å²) >= 11 is 0. The van der Waals surface area contributed by atoms with Gasteiger partial charge in [-0.2, -0.15) is 5.10 Å². The Bertz CT molecular complexity index is 1480. The van der Waals surface area contributed by atoms with Crippen molar-refractivity contribution in [1.82, 2.24) is 19.7 Å². The standard InChI is InChI=1S/C26H18N4/c1-2-6-20(7-3-1)30-25-9-5-4-8-21(25)22-16-18(10-11-26(22)30)19-12-14-27-24(17-19)23-13-15-28-29-23/h1-17H,(H,28,29). The molecule has 6 aromatic rings. The van der Waals surface area contributed by atoms with Crippen molar-refractivity contribution in [3.63, 3.8) is 0 Å². The minimum atomic E-state index is 0.886. The van der Waals surface area contributed by atoms with Crippen LogP contribution in [0.5, 0.6) is 0 Å². The Labute approximate surface area is 173 Å². The Morgan fingerprint density at radius 2 is 1.43 bits per heavy atom. The third kappa shape index (κ3) is 2.62. The summed E-state index contributed by atoms with van der Waals surface area (Å²) in [4.78, 5) is 4.49. The Morgan fingerprint density at radius 1 is 0.633 bits per heavy atom. The van der Waals surface area contributed by atoms with Crippen LogP contribution in [-0.2, 0) is 0 Å². The molecule has 3 heterocycles. The third-order valence-electron chi connectivity index (χ3n) is 5.56. The second-order valence-corrected chi connectivity index (χ2v) is 7.32. The molecule has 0 amide bonds. The fraction of sp³-hybridized carbons (Fsp3) is 0. The molecule has 142 valence electrons. The fourth-order valence-corrected chi connectivity index (χ4v) is 4.16. The number of hydrogen-bond donors (Lipinski definition) is 1. The van der Waals surface area contributed by atoms with Crippen molar-refractivity contribution >= 4 is 21.8 Å². The number of nitrogens with one attached hydrogen (secondary N) is 1. The predicted octanol–water partition coefficient (Wildman–Crippen LogP) is 6.24. The van der Waals surface area contributed by atoms with Gasteiger partial charge in [-0.15, -0.1) is 0 Å². The van der Waals surface area contributed by atoms with Gasteiger partial charge < -0.3 is 4.57 Å². The van der Waals surface area contributed by atoms with E-state index in [4.69, 9.17) is 0 Å². The van der Waals surface area contributed by atoms with Crippen molar-refractivity contribution < 1.29 is 0 Å². The smallest absolute Gasteiger partial charge is 0.0886 e. The average molecular weight is 386 g/mol. The lowest BCUT2D eigenvalue weighted by atomic mass is 10.0. The molecule has 0 radical (unpaired) electrons. The van der Waals surface area contributed by atoms with E-state index in [2.05, 4.69) is 105 Å². The Kier molecular flexibility index (Phi) is 3.74. The molecule has 0 aliphatic rings. The van der Waals surface area contributed by atoms with Crippen LogP contribution in [0.25, 0.3) is 50.0 Å². The van der Waals surface area contributed by atoms with E-state index < -0.39 is 0 Å². The quantitative estimate of drug-likeness (QED) is 0.391. The summed E-state index contributed by atoms with van der Waals surface area (Å²) in [5, 5.41) is 9.52. The number of rotatable bonds is 3. The number of H-pyrrole nitrogens is 1. The Balaban J connectivity index is 1.58. The van der Waals surface area contributed by atoms with Gasteiger partial charge in [-0.3, -0.25) is 10.1 Å². The molecule has 1 N–H and O–H groups in total. The molecule has 0 atom stereocenters. The van der Waals surface area contributed by atoms with Gasteiger partial charge in [0.05, 0.1) is 22.4 Å². The van der Waals surface area contributed by atoms with E-state index in [1.165, 1.54) is 33.1 Å². The average Bonchev–Trinajstić information content (AvgIpc) is 3.46. The molecule has 0 aliphatic heterocycles. The van der Waals surface area contributed by atoms with Crippen LogP contribution in [0, 0.1) is 0 Å². The van der Waals surface area contributed by atoms with E-state index in [0.717, 1.165) is 17.0 Å². The van der Waals surface area contributed by atoms with Gasteiger partial charge in [0.25, 0.3) is 0 Å². The second-order valence-electron chi connectivity index (χ2n) is 7.32. The lowest BCUT2D eigenvalue weighted by Gasteiger charge is -2.08. The highest BCUT2D eigenvalue weighted by Gasteiger charge is 2.13. The summed E-state index contributed by atoms with van der Waals surface area (Å²) < 4.78 is 2.33. The van der Waals surface area contributed by atoms with Crippen LogP contribution in [-0.4, -0.2) is 19.7 Å². The van der Waals surface area contributed by atoms with Gasteiger partial charge in [0.2, 0.25) is 0 Å². The number of benzene rings is 3. The van der Waals surface area contributed by atoms with Crippen molar-refractivity contribution in [2.45, 2.75) is 0 Å². The number of para-hydroxylation sites is 2. The zero-order valence-corrected chi connectivity index (χ0v) is 16.2. The highest BCUT2D eigenvalue weighted by Crippen LogP contribution is 2.35. The molecule has 0 aliphatic carbocycles. The number of aromatic amines is 1. The summed E-state index contributed by atoms with van der Waals surface area (Å²) in [7, 11) is 0. The van der Waals surface area contributed by atoms with Gasteiger partial charge in [-0.05, 0) is 59.7 Å². The first-order valence-corrected chi connectivity index (χ1v) is 9.93. The number of hydrogen-bond acceptors (Lipinski definition) is 2. The first kappa shape index (κ1) is 16.7. The normalized spacial score (nSPS) is 11.3. The first-order valence-electron chi connectivity index (χ1n) is 9.93. The first-order chi connectivity index (χ1) is 14.9. The summed E-state index contributed by atoms with van der Waals surface area (Å²) in [6.07, 6.45) is 3.59. The van der Waals surface area contributed by atoms with Crippen LogP contribution in [0.3, 0.4) is 0 Å². The maximum atomic E-state index is 4.49. The van der Waals surface area contributed by atoms with E-state index >= 15 is 0 Å². The monoisotopic (exact) mass is 386 g/mol. The largest absolute Gasteiger partial charge is 0.309 e. The van der Waals surface area contributed by atoms with Gasteiger partial charge in [0.1, 0.15) is 0 Å². The summed E-state index contributed by atoms with van der Waals surface area (Å²) in [6, 6.07) is 31.9. The van der Waals surface area contributed by atoms with Gasteiger partial charge in [0, 0.05) is 28.9 Å². The Hall–Kier alpha value is -4.18. The van der Waals surface area contributed by atoms with Crippen LogP contribution in [0.4, 0.5) is 0 Å². The lowest BCUT2D eigenvalue weighted by molar-refractivity contribution is 1.09. The van der Waals surface area contributed by atoms with Crippen molar-refractivity contribution in [3.05, 3.63) is 103 Å². The maximum absolute atomic E-state index is 4.49. The van der Waals surface area contributed by atoms with Crippen LogP contribution < -0.4 is 0 Å². The van der Waals surface area contributed by atoms with Crippen LogP contribution in [0.1, 0.15) is 0 Å². The molecular formula is C26H18N4. The number of nitrogens with zero attached hydrogens (tertiary/aromatic N) is 3. The summed E-state index contributed by atoms with van der Waals surface area (Å²) in [5.41, 5.74) is 7.68. The topological polar surface area (TPSA) is 46.5 Å². The molecule has 0 spiro atoms. The highest BCUT2D eigenvalue weighted by molar-refractivity contribution is 6.10. The van der Waals surface area contributed by atoms with Crippen LogP contribution in [0.15, 0.2) is 103 Å². The maximum Gasteiger partial charge on any atom is 0.0886 e. The highest BCUT2D eigenvalue weighted by atomic mass is 15.1. The molecule has 0 bridgehead atoms. The predicted molar refractivity (Wildman–Crippen MR) is 122 cm³/mol. The van der Waals surface area contributed by atoms with Crippen LogP contribution >= 0.6 is 0 Å². The Morgan fingerprint density at radius 3 is 2.30 bits per heavy atom. The minimum absolute atomic E-state index is 0.886. The van der Waals surface area contributed by atoms with E-state index in [1.807, 2.05) is 12.3 Å². The zero-order valence-electron chi connectivity index (χ0n) is 16.2. The van der Waals surface area contributed by atoms with Gasteiger partial charge >= 0.3 is 0 Å². The van der Waals surface area contributed by atoms with E-state index in [9.17, 15) is 0 Å². The third-order valence-corrected chi connectivity index (χ3v) is 5.56. The number of fused-ring (bicyclic) bond motifs is 3. The molecular weight excluding hydrogens is 368 g/mol. The van der Waals surface area contributed by atoms with Gasteiger partial charge in [0.15, 0.2) is 0 Å². The molecule has 0 fully saturated rings.